The topological polar surface area (TPSA) is 24.5 Å². The predicted octanol–water partition coefficient (Wildman–Crippen LogP) is 2.88. The number of thiophene rings is 1. The molecule has 0 saturated heterocycles. The zero-order valence-electron chi connectivity index (χ0n) is 12.2. The van der Waals surface area contributed by atoms with E-state index in [0.717, 1.165) is 39.3 Å². The van der Waals surface area contributed by atoms with Gasteiger partial charge in [0.25, 0.3) is 0 Å². The van der Waals surface area contributed by atoms with Crippen LogP contribution in [-0.2, 0) is 17.8 Å². The molecular weight excluding hydrogens is 256 g/mol. The van der Waals surface area contributed by atoms with Crippen LogP contribution in [0.25, 0.3) is 0 Å². The van der Waals surface area contributed by atoms with Gasteiger partial charge in [0.2, 0.25) is 0 Å². The summed E-state index contributed by atoms with van der Waals surface area (Å²) in [6.07, 6.45) is 3.13. The molecule has 108 valence electrons. The van der Waals surface area contributed by atoms with Crippen LogP contribution in [0.4, 0.5) is 0 Å². The minimum Gasteiger partial charge on any atom is -0.383 e. The average Bonchev–Trinajstić information content (AvgIpc) is 2.84. The first-order valence-electron chi connectivity index (χ1n) is 6.90. The molecule has 0 aliphatic carbocycles. The van der Waals surface area contributed by atoms with Gasteiger partial charge in [-0.25, -0.2) is 0 Å². The zero-order chi connectivity index (χ0) is 13.9. The Hall–Kier alpha value is -0.680. The highest BCUT2D eigenvalue weighted by Gasteiger charge is 2.06. The quantitative estimate of drug-likeness (QED) is 0.499. The van der Waals surface area contributed by atoms with Crippen molar-refractivity contribution in [1.82, 2.24) is 10.2 Å². The summed E-state index contributed by atoms with van der Waals surface area (Å²) in [4.78, 5) is 5.17. The van der Waals surface area contributed by atoms with E-state index < -0.39 is 0 Å². The summed E-state index contributed by atoms with van der Waals surface area (Å²) < 4.78 is 5.14. The van der Waals surface area contributed by atoms with Gasteiger partial charge in [0, 0.05) is 43.0 Å². The van der Waals surface area contributed by atoms with E-state index in [4.69, 9.17) is 4.74 Å². The van der Waals surface area contributed by atoms with Crippen molar-refractivity contribution in [3.05, 3.63) is 34.5 Å². The molecule has 0 aliphatic heterocycles. The number of hydrogen-bond acceptors (Lipinski definition) is 4. The summed E-state index contributed by atoms with van der Waals surface area (Å²) in [6, 6.07) is 4.46. The lowest BCUT2D eigenvalue weighted by Crippen LogP contribution is -2.26. The SMILES string of the molecule is C=CCN(CCOC)Cc1ccc(CNCCC)s1. The van der Waals surface area contributed by atoms with Gasteiger partial charge in [-0.3, -0.25) is 4.90 Å². The zero-order valence-corrected chi connectivity index (χ0v) is 13.0. The summed E-state index contributed by atoms with van der Waals surface area (Å²) in [5.74, 6) is 0. The number of ether oxygens (including phenoxy) is 1. The van der Waals surface area contributed by atoms with E-state index >= 15 is 0 Å². The number of nitrogens with one attached hydrogen (secondary N) is 1. The Balaban J connectivity index is 2.42. The van der Waals surface area contributed by atoms with Crippen molar-refractivity contribution < 1.29 is 4.74 Å². The first-order valence-corrected chi connectivity index (χ1v) is 7.72. The molecular formula is C15H26N2OS. The fourth-order valence-corrected chi connectivity index (χ4v) is 2.88. The Morgan fingerprint density at radius 1 is 1.42 bits per heavy atom. The van der Waals surface area contributed by atoms with Crippen LogP contribution in [0.3, 0.4) is 0 Å². The molecule has 0 unspecified atom stereocenters. The van der Waals surface area contributed by atoms with E-state index in [-0.39, 0.29) is 0 Å². The van der Waals surface area contributed by atoms with Gasteiger partial charge in [-0.15, -0.1) is 17.9 Å². The second-order valence-electron chi connectivity index (χ2n) is 4.56. The summed E-state index contributed by atoms with van der Waals surface area (Å²) in [5, 5.41) is 3.44. The van der Waals surface area contributed by atoms with Gasteiger partial charge in [0.15, 0.2) is 0 Å². The lowest BCUT2D eigenvalue weighted by molar-refractivity contribution is 0.151. The van der Waals surface area contributed by atoms with Crippen molar-refractivity contribution in [3.8, 4) is 0 Å². The van der Waals surface area contributed by atoms with Crippen LogP contribution >= 0.6 is 11.3 Å². The van der Waals surface area contributed by atoms with E-state index in [1.165, 1.54) is 16.2 Å². The second kappa shape index (κ2) is 10.1. The summed E-state index contributed by atoms with van der Waals surface area (Å²) in [7, 11) is 1.74. The largest absolute Gasteiger partial charge is 0.383 e. The molecule has 0 aliphatic rings. The molecule has 1 heterocycles. The Labute approximate surface area is 121 Å². The summed E-state index contributed by atoms with van der Waals surface area (Å²) >= 11 is 1.89. The van der Waals surface area contributed by atoms with E-state index in [0.29, 0.717) is 0 Å². The van der Waals surface area contributed by atoms with Crippen molar-refractivity contribution in [1.29, 1.82) is 0 Å². The molecule has 3 nitrogen and oxygen atoms in total. The van der Waals surface area contributed by atoms with Gasteiger partial charge in [-0.05, 0) is 25.1 Å². The van der Waals surface area contributed by atoms with Crippen LogP contribution in [0.2, 0.25) is 0 Å². The van der Waals surface area contributed by atoms with Gasteiger partial charge in [-0.1, -0.05) is 13.0 Å². The van der Waals surface area contributed by atoms with Crippen molar-refractivity contribution in [2.24, 2.45) is 0 Å². The number of methoxy groups -OCH3 is 1. The van der Waals surface area contributed by atoms with Crippen LogP contribution in [0.15, 0.2) is 24.8 Å². The predicted molar refractivity (Wildman–Crippen MR) is 83.7 cm³/mol. The van der Waals surface area contributed by atoms with Gasteiger partial charge in [0.05, 0.1) is 6.61 Å². The van der Waals surface area contributed by atoms with Crippen molar-refractivity contribution >= 4 is 11.3 Å². The molecule has 0 bridgehead atoms. The molecule has 0 spiro atoms. The van der Waals surface area contributed by atoms with Gasteiger partial charge < -0.3 is 10.1 Å². The first-order chi connectivity index (χ1) is 9.30. The molecule has 0 atom stereocenters. The Kier molecular flexibility index (Phi) is 8.75. The lowest BCUT2D eigenvalue weighted by Gasteiger charge is -2.19. The van der Waals surface area contributed by atoms with Crippen molar-refractivity contribution in [3.63, 3.8) is 0 Å². The fourth-order valence-electron chi connectivity index (χ4n) is 1.85. The smallest absolute Gasteiger partial charge is 0.0589 e. The molecule has 0 aromatic carbocycles. The molecule has 1 aromatic heterocycles. The van der Waals surface area contributed by atoms with Crippen LogP contribution < -0.4 is 5.32 Å². The second-order valence-corrected chi connectivity index (χ2v) is 5.81. The molecule has 1 rings (SSSR count). The minimum absolute atomic E-state index is 0.768. The molecule has 0 radical (unpaired) electrons. The van der Waals surface area contributed by atoms with Crippen LogP contribution in [0, 0.1) is 0 Å². The molecule has 0 saturated carbocycles. The highest BCUT2D eigenvalue weighted by molar-refractivity contribution is 7.11. The molecule has 4 heteroatoms. The monoisotopic (exact) mass is 282 g/mol. The first kappa shape index (κ1) is 16.4. The molecule has 19 heavy (non-hydrogen) atoms. The third-order valence-electron chi connectivity index (χ3n) is 2.82. The Morgan fingerprint density at radius 2 is 2.21 bits per heavy atom. The van der Waals surface area contributed by atoms with Crippen LogP contribution in [-0.4, -0.2) is 38.3 Å². The highest BCUT2D eigenvalue weighted by atomic mass is 32.1. The van der Waals surface area contributed by atoms with Crippen molar-refractivity contribution in [2.75, 3.05) is 33.4 Å². The maximum atomic E-state index is 5.14. The van der Waals surface area contributed by atoms with Gasteiger partial charge in [0.1, 0.15) is 0 Å². The van der Waals surface area contributed by atoms with E-state index in [2.05, 4.69) is 35.9 Å². The van der Waals surface area contributed by atoms with E-state index in [1.807, 2.05) is 17.4 Å². The Bertz CT molecular complexity index is 352. The minimum atomic E-state index is 0.768. The van der Waals surface area contributed by atoms with Gasteiger partial charge >= 0.3 is 0 Å². The molecule has 1 N–H and O–H groups in total. The third-order valence-corrected chi connectivity index (χ3v) is 3.89. The molecule has 0 fully saturated rings. The number of rotatable bonds is 11. The van der Waals surface area contributed by atoms with Crippen LogP contribution in [0.5, 0.6) is 0 Å². The maximum absolute atomic E-state index is 5.14. The summed E-state index contributed by atoms with van der Waals surface area (Å²) in [5.41, 5.74) is 0. The molecule has 0 amide bonds. The highest BCUT2D eigenvalue weighted by Crippen LogP contribution is 2.18. The average molecular weight is 282 g/mol. The van der Waals surface area contributed by atoms with Crippen molar-refractivity contribution in [2.45, 2.75) is 26.4 Å². The lowest BCUT2D eigenvalue weighted by atomic mass is 10.3. The summed E-state index contributed by atoms with van der Waals surface area (Å²) in [6.45, 7) is 11.7. The van der Waals surface area contributed by atoms with E-state index in [1.54, 1.807) is 7.11 Å². The van der Waals surface area contributed by atoms with Crippen LogP contribution in [0.1, 0.15) is 23.1 Å². The third kappa shape index (κ3) is 6.87. The number of hydrogen-bond donors (Lipinski definition) is 1. The standard InChI is InChI=1S/C15H26N2OS/c1-4-8-16-12-14-6-7-15(19-14)13-17(9-5-2)10-11-18-3/h5-7,16H,2,4,8-13H2,1,3H3. The molecule has 1 aromatic rings. The van der Waals surface area contributed by atoms with E-state index in [9.17, 15) is 0 Å². The Morgan fingerprint density at radius 3 is 2.89 bits per heavy atom. The fraction of sp³-hybridized carbons (Fsp3) is 0.600. The van der Waals surface area contributed by atoms with Gasteiger partial charge in [-0.2, -0.15) is 0 Å². The maximum Gasteiger partial charge on any atom is 0.0589 e. The normalized spacial score (nSPS) is 11.1. The number of nitrogens with zero attached hydrogens (tertiary/aromatic N) is 1.